The van der Waals surface area contributed by atoms with E-state index in [9.17, 15) is 10.1 Å². The average Bonchev–Trinajstić information content (AvgIpc) is 2.63. The Morgan fingerprint density at radius 3 is 2.58 bits per heavy atom. The monoisotopic (exact) mass is 357 g/mol. The smallest absolute Gasteiger partial charge is 0.293 e. The molecule has 140 valence electrons. The number of benzene rings is 1. The van der Waals surface area contributed by atoms with Crippen molar-refractivity contribution in [3.63, 3.8) is 0 Å². The summed E-state index contributed by atoms with van der Waals surface area (Å²) < 4.78 is 5.26. The van der Waals surface area contributed by atoms with Gasteiger partial charge < -0.3 is 14.5 Å². The average molecular weight is 357 g/mol. The van der Waals surface area contributed by atoms with Crippen LogP contribution >= 0.6 is 0 Å². The maximum Gasteiger partial charge on any atom is 0.293 e. The number of nitrogens with zero attached hydrogens (tertiary/aromatic N) is 3. The Morgan fingerprint density at radius 1 is 1.31 bits per heavy atom. The molecule has 2 fully saturated rings. The molecule has 0 aliphatic heterocycles. The molecule has 0 aromatic heterocycles. The lowest BCUT2D eigenvalue weighted by Crippen LogP contribution is -2.39. The largest absolute Gasteiger partial charge is 0.383 e. The second-order valence-electron chi connectivity index (χ2n) is 7.44. The van der Waals surface area contributed by atoms with Gasteiger partial charge in [-0.25, -0.2) is 6.57 Å². The number of anilines is 1. The molecule has 0 atom stereocenters. The predicted octanol–water partition coefficient (Wildman–Crippen LogP) is 4.68. The molecule has 0 unspecified atom stereocenters. The van der Waals surface area contributed by atoms with E-state index in [1.54, 1.807) is 13.2 Å². The Balaban J connectivity index is 1.97. The highest BCUT2D eigenvalue weighted by Crippen LogP contribution is 2.47. The Hall–Kier alpha value is -2.13. The van der Waals surface area contributed by atoms with E-state index < -0.39 is 5.54 Å². The molecule has 2 saturated carbocycles. The molecule has 0 spiro atoms. The van der Waals surface area contributed by atoms with Gasteiger partial charge >= 0.3 is 0 Å². The van der Waals surface area contributed by atoms with Crippen LogP contribution in [0, 0.1) is 16.7 Å². The Morgan fingerprint density at radius 2 is 2.04 bits per heavy atom. The van der Waals surface area contributed by atoms with Crippen molar-refractivity contribution in [2.75, 3.05) is 25.2 Å². The molecule has 6 nitrogen and oxygen atoms in total. The first kappa shape index (κ1) is 18.7. The summed E-state index contributed by atoms with van der Waals surface area (Å²) in [6.07, 6.45) is 8.31. The van der Waals surface area contributed by atoms with Gasteiger partial charge in [-0.05, 0) is 31.4 Å². The third-order valence-electron chi connectivity index (χ3n) is 5.97. The first-order valence-corrected chi connectivity index (χ1v) is 9.54. The minimum Gasteiger partial charge on any atom is -0.383 e. The van der Waals surface area contributed by atoms with Crippen LogP contribution in [-0.4, -0.2) is 31.2 Å². The van der Waals surface area contributed by atoms with Gasteiger partial charge in [0, 0.05) is 44.2 Å². The number of methoxy groups -OCH3 is 1. The highest BCUT2D eigenvalue weighted by Gasteiger charge is 2.46. The maximum atomic E-state index is 11.8. The zero-order valence-electron chi connectivity index (χ0n) is 15.4. The summed E-state index contributed by atoms with van der Waals surface area (Å²) in [5, 5.41) is 11.8. The van der Waals surface area contributed by atoms with E-state index in [-0.39, 0.29) is 10.6 Å². The summed E-state index contributed by atoms with van der Waals surface area (Å²) in [4.78, 5) is 17.5. The van der Waals surface area contributed by atoms with Crippen molar-refractivity contribution in [2.24, 2.45) is 0 Å². The second-order valence-corrected chi connectivity index (χ2v) is 7.44. The molecule has 3 rings (SSSR count). The SMILES string of the molecule is [C-]#[N+]C1(c2ccc(N(CCOC)C3CCCCC3)c([N+](=O)[O-])c2)CCC1. The number of hydrogen-bond acceptors (Lipinski definition) is 4. The highest BCUT2D eigenvalue weighted by atomic mass is 16.6. The minimum absolute atomic E-state index is 0.124. The van der Waals surface area contributed by atoms with Gasteiger partial charge in [-0.2, -0.15) is 0 Å². The van der Waals surface area contributed by atoms with Gasteiger partial charge in [0.15, 0.2) is 0 Å². The van der Waals surface area contributed by atoms with E-state index in [4.69, 9.17) is 11.3 Å². The number of hydrogen-bond donors (Lipinski definition) is 0. The van der Waals surface area contributed by atoms with Crippen molar-refractivity contribution in [2.45, 2.75) is 62.9 Å². The topological polar surface area (TPSA) is 60.0 Å². The Labute approximate surface area is 155 Å². The lowest BCUT2D eigenvalue weighted by molar-refractivity contribution is -0.384. The molecular formula is C20H27N3O3. The van der Waals surface area contributed by atoms with E-state index in [0.29, 0.717) is 24.9 Å². The fourth-order valence-electron chi connectivity index (χ4n) is 4.26. The summed E-state index contributed by atoms with van der Waals surface area (Å²) >= 11 is 0. The molecule has 0 N–H and O–H groups in total. The van der Waals surface area contributed by atoms with Crippen LogP contribution in [0.25, 0.3) is 4.85 Å². The minimum atomic E-state index is -0.550. The summed E-state index contributed by atoms with van der Waals surface area (Å²) in [7, 11) is 1.66. The molecule has 0 bridgehead atoms. The fraction of sp³-hybridized carbons (Fsp3) is 0.650. The predicted molar refractivity (Wildman–Crippen MR) is 101 cm³/mol. The van der Waals surface area contributed by atoms with Crippen LogP contribution < -0.4 is 4.90 Å². The second kappa shape index (κ2) is 8.05. The molecule has 2 aliphatic rings. The van der Waals surface area contributed by atoms with Crippen molar-refractivity contribution in [3.05, 3.63) is 45.3 Å². The van der Waals surface area contributed by atoms with Gasteiger partial charge in [0.25, 0.3) is 11.2 Å². The Bertz CT molecular complexity index is 688. The lowest BCUT2D eigenvalue weighted by atomic mass is 9.72. The molecule has 0 saturated heterocycles. The quantitative estimate of drug-likeness (QED) is 0.404. The van der Waals surface area contributed by atoms with Crippen LogP contribution in [-0.2, 0) is 10.3 Å². The molecule has 2 aliphatic carbocycles. The number of rotatable bonds is 7. The van der Waals surface area contributed by atoms with Crippen molar-refractivity contribution in [1.82, 2.24) is 0 Å². The maximum absolute atomic E-state index is 11.8. The number of nitro groups is 1. The van der Waals surface area contributed by atoms with Crippen LogP contribution in [0.3, 0.4) is 0 Å². The van der Waals surface area contributed by atoms with Gasteiger partial charge in [-0.3, -0.25) is 10.1 Å². The molecule has 1 aromatic rings. The summed E-state index contributed by atoms with van der Waals surface area (Å²) in [6, 6.07) is 5.77. The van der Waals surface area contributed by atoms with Crippen LogP contribution in [0.15, 0.2) is 18.2 Å². The molecule has 6 heteroatoms. The van der Waals surface area contributed by atoms with E-state index in [2.05, 4.69) is 9.74 Å². The van der Waals surface area contributed by atoms with E-state index in [1.165, 1.54) is 19.3 Å². The molecule has 0 heterocycles. The van der Waals surface area contributed by atoms with Crippen LogP contribution in [0.2, 0.25) is 0 Å². The van der Waals surface area contributed by atoms with Gasteiger partial charge in [-0.15, -0.1) is 0 Å². The third-order valence-corrected chi connectivity index (χ3v) is 5.97. The van der Waals surface area contributed by atoms with Crippen molar-refractivity contribution < 1.29 is 9.66 Å². The van der Waals surface area contributed by atoms with Crippen LogP contribution in [0.5, 0.6) is 0 Å². The van der Waals surface area contributed by atoms with Gasteiger partial charge in [0.1, 0.15) is 5.69 Å². The lowest BCUT2D eigenvalue weighted by Gasteiger charge is -2.36. The van der Waals surface area contributed by atoms with Crippen LogP contribution in [0.1, 0.15) is 56.9 Å². The standard InChI is InChI=1S/C20H27N3O3/c1-21-20(11-6-12-20)16-9-10-18(19(15-16)23(24)25)22(13-14-26-2)17-7-4-3-5-8-17/h9-10,15,17H,3-8,11-14H2,2H3. The van der Waals surface area contributed by atoms with E-state index in [1.807, 2.05) is 12.1 Å². The summed E-state index contributed by atoms with van der Waals surface area (Å²) in [6.45, 7) is 8.73. The van der Waals surface area contributed by atoms with Gasteiger partial charge in [0.2, 0.25) is 0 Å². The van der Waals surface area contributed by atoms with E-state index >= 15 is 0 Å². The molecule has 26 heavy (non-hydrogen) atoms. The van der Waals surface area contributed by atoms with Crippen molar-refractivity contribution in [1.29, 1.82) is 0 Å². The summed E-state index contributed by atoms with van der Waals surface area (Å²) in [5.41, 5.74) is 1.04. The summed E-state index contributed by atoms with van der Waals surface area (Å²) in [5.74, 6) is 0. The molecule has 0 amide bonds. The number of nitro benzene ring substituents is 1. The van der Waals surface area contributed by atoms with Gasteiger partial charge in [-0.1, -0.05) is 19.3 Å². The first-order valence-electron chi connectivity index (χ1n) is 9.54. The third kappa shape index (κ3) is 3.54. The van der Waals surface area contributed by atoms with Crippen molar-refractivity contribution in [3.8, 4) is 0 Å². The van der Waals surface area contributed by atoms with Gasteiger partial charge in [0.05, 0.1) is 11.5 Å². The van der Waals surface area contributed by atoms with Crippen LogP contribution in [0.4, 0.5) is 11.4 Å². The number of ether oxygens (including phenoxy) is 1. The molecule has 1 aromatic carbocycles. The van der Waals surface area contributed by atoms with Crippen molar-refractivity contribution >= 4 is 11.4 Å². The highest BCUT2D eigenvalue weighted by molar-refractivity contribution is 5.66. The van der Waals surface area contributed by atoms with E-state index in [0.717, 1.165) is 37.7 Å². The zero-order chi connectivity index (χ0) is 18.6. The zero-order valence-corrected chi connectivity index (χ0v) is 15.4. The first-order chi connectivity index (χ1) is 12.6. The normalized spacial score (nSPS) is 19.4. The Kier molecular flexibility index (Phi) is 5.77. The molecular weight excluding hydrogens is 330 g/mol. The molecule has 0 radical (unpaired) electrons. The fourth-order valence-corrected chi connectivity index (χ4v) is 4.26.